The summed E-state index contributed by atoms with van der Waals surface area (Å²) in [6.45, 7) is 7.15. The maximum atomic E-state index is 11.3. The van der Waals surface area contributed by atoms with Gasteiger partial charge in [-0.3, -0.25) is 9.59 Å². The lowest BCUT2D eigenvalue weighted by atomic mass is 10.5. The van der Waals surface area contributed by atoms with Gasteiger partial charge in [-0.1, -0.05) is 24.9 Å². The molecule has 4 nitrogen and oxygen atoms in total. The minimum Gasteiger partial charge on any atom is -0.447 e. The number of hydrogen-bond acceptors (Lipinski definition) is 7. The van der Waals surface area contributed by atoms with Crippen LogP contribution in [0.25, 0.3) is 0 Å². The quantitative estimate of drug-likeness (QED) is 0.280. The molecule has 0 saturated carbocycles. The summed E-state index contributed by atoms with van der Waals surface area (Å²) in [5, 5.41) is 0. The highest BCUT2D eigenvalue weighted by atomic mass is 32.2. The molecule has 0 aliphatic carbocycles. The zero-order valence-corrected chi connectivity index (χ0v) is 13.1. The molecule has 0 aliphatic rings. The number of thioether (sulfide) groups is 1. The molecule has 0 aromatic heterocycles. The molecule has 0 bridgehead atoms. The van der Waals surface area contributed by atoms with Crippen LogP contribution >= 0.6 is 37.0 Å². The van der Waals surface area contributed by atoms with Gasteiger partial charge in [-0.05, 0) is 12.2 Å². The van der Waals surface area contributed by atoms with Gasteiger partial charge in [0.25, 0.3) is 0 Å². The summed E-state index contributed by atoms with van der Waals surface area (Å²) >= 11 is 9.01. The highest BCUT2D eigenvalue weighted by molar-refractivity contribution is 8.00. The van der Waals surface area contributed by atoms with Crippen LogP contribution in [0.4, 0.5) is 0 Å². The summed E-state index contributed by atoms with van der Waals surface area (Å²) in [5.41, 5.74) is -1.20. The fraction of sp³-hybridized carbons (Fsp3) is 0.500. The van der Waals surface area contributed by atoms with Gasteiger partial charge in [-0.2, -0.15) is 25.3 Å². The molecule has 0 fully saturated rings. The van der Waals surface area contributed by atoms with Crippen LogP contribution in [-0.4, -0.2) is 34.3 Å². The Hall–Kier alpha value is -0.530. The Morgan fingerprint density at radius 3 is 1.63 bits per heavy atom. The second-order valence-corrected chi connectivity index (χ2v) is 5.37. The molecule has 0 rings (SSSR count). The molecule has 0 aliphatic heterocycles. The van der Waals surface area contributed by atoms with Gasteiger partial charge in [0.2, 0.25) is 0 Å². The monoisotopic (exact) mass is 322 g/mol. The highest BCUT2D eigenvalue weighted by Gasteiger charge is 2.18. The van der Waals surface area contributed by atoms with Gasteiger partial charge in [0.05, 0.1) is 12.8 Å². The van der Waals surface area contributed by atoms with Gasteiger partial charge < -0.3 is 9.47 Å². The fourth-order valence-corrected chi connectivity index (χ4v) is 2.13. The van der Waals surface area contributed by atoms with Gasteiger partial charge in [0.15, 0.2) is 10.9 Å². The van der Waals surface area contributed by atoms with Gasteiger partial charge in [-0.15, -0.1) is 0 Å². The second kappa shape index (κ2) is 11.3. The van der Waals surface area contributed by atoms with Crippen molar-refractivity contribution in [3.05, 3.63) is 25.3 Å². The number of ether oxygens (including phenoxy) is 2. The van der Waals surface area contributed by atoms with E-state index in [0.717, 1.165) is 11.8 Å². The predicted octanol–water partition coefficient (Wildman–Crippen LogP) is 2.47. The number of thiol groups is 2. The second-order valence-electron chi connectivity index (χ2n) is 3.27. The lowest BCUT2D eigenvalue weighted by Crippen LogP contribution is -2.20. The van der Waals surface area contributed by atoms with Crippen molar-refractivity contribution in [2.75, 3.05) is 11.5 Å². The fourth-order valence-electron chi connectivity index (χ4n) is 0.955. The third-order valence-corrected chi connectivity index (χ3v) is 3.34. The summed E-state index contributed by atoms with van der Waals surface area (Å²) in [6, 6.07) is 0. The summed E-state index contributed by atoms with van der Waals surface area (Å²) in [6.07, 6.45) is 3.35. The van der Waals surface area contributed by atoms with E-state index in [1.807, 2.05) is 0 Å². The third kappa shape index (κ3) is 9.07. The van der Waals surface area contributed by atoms with Gasteiger partial charge >= 0.3 is 11.9 Å². The summed E-state index contributed by atoms with van der Waals surface area (Å²) in [4.78, 5) is 22.7. The zero-order valence-electron chi connectivity index (χ0n) is 10.5. The van der Waals surface area contributed by atoms with E-state index in [1.165, 1.54) is 12.2 Å². The van der Waals surface area contributed by atoms with Crippen LogP contribution in [0.15, 0.2) is 25.3 Å². The first-order valence-corrected chi connectivity index (χ1v) is 7.79. The molecule has 0 amide bonds. The summed E-state index contributed by atoms with van der Waals surface area (Å²) < 4.78 is 10.2. The first kappa shape index (κ1) is 18.5. The average Bonchev–Trinajstić information content (AvgIpc) is 2.37. The van der Waals surface area contributed by atoms with Crippen LogP contribution in [0.3, 0.4) is 0 Å². The number of carbonyl (C=O) groups excluding carboxylic acids is 2. The molecular formula is C12H18O4S3. The normalized spacial score (nSPS) is 13.2. The van der Waals surface area contributed by atoms with Crippen LogP contribution < -0.4 is 0 Å². The predicted molar refractivity (Wildman–Crippen MR) is 84.7 cm³/mol. The van der Waals surface area contributed by atoms with Crippen molar-refractivity contribution in [3.63, 3.8) is 0 Å². The molecule has 0 heterocycles. The van der Waals surface area contributed by atoms with Crippen molar-refractivity contribution in [1.29, 1.82) is 0 Å². The Morgan fingerprint density at radius 2 is 1.37 bits per heavy atom. The molecule has 0 N–H and O–H groups in total. The first-order chi connectivity index (χ1) is 9.07. The molecule has 0 saturated heterocycles. The third-order valence-electron chi connectivity index (χ3n) is 1.78. The van der Waals surface area contributed by atoms with Crippen LogP contribution in [-0.2, 0) is 19.1 Å². The van der Waals surface area contributed by atoms with Crippen molar-refractivity contribution in [3.8, 4) is 0 Å². The number of carbonyl (C=O) groups is 2. The molecule has 2 unspecified atom stereocenters. The molecular weight excluding hydrogens is 304 g/mol. The zero-order chi connectivity index (χ0) is 14.7. The van der Waals surface area contributed by atoms with E-state index in [0.29, 0.717) is 11.5 Å². The van der Waals surface area contributed by atoms with Crippen LogP contribution in [0.5, 0.6) is 0 Å². The Bertz CT molecular complexity index is 290. The molecule has 7 heteroatoms. The molecule has 0 radical (unpaired) electrons. The van der Waals surface area contributed by atoms with Crippen molar-refractivity contribution in [2.24, 2.45) is 0 Å². The summed E-state index contributed by atoms with van der Waals surface area (Å²) in [7, 11) is 0. The van der Waals surface area contributed by atoms with E-state index in [1.54, 1.807) is 0 Å². The maximum absolute atomic E-state index is 11.3. The van der Waals surface area contributed by atoms with Crippen molar-refractivity contribution < 1.29 is 19.1 Å². The Morgan fingerprint density at radius 1 is 1.00 bits per heavy atom. The Balaban J connectivity index is 4.31. The summed E-state index contributed by atoms with van der Waals surface area (Å²) in [5.74, 6) is 0.0680. The van der Waals surface area contributed by atoms with E-state index >= 15 is 0 Å². The SMILES string of the molecule is C=CC(OC(=O)CCS)SC(C=C)OC(=O)CCS. The molecule has 19 heavy (non-hydrogen) atoms. The van der Waals surface area contributed by atoms with E-state index in [2.05, 4.69) is 38.4 Å². The molecule has 0 aromatic rings. The van der Waals surface area contributed by atoms with Gasteiger partial charge in [0, 0.05) is 11.5 Å². The standard InChI is InChI=1S/C12H18O4S3/c1-3-11(15-9(13)5-7-17)19-12(4-2)16-10(14)6-8-18/h3-4,11-12,17-18H,1-2,5-8H2. The smallest absolute Gasteiger partial charge is 0.308 e. The van der Waals surface area contributed by atoms with Gasteiger partial charge in [-0.25, -0.2) is 0 Å². The lowest BCUT2D eigenvalue weighted by Gasteiger charge is -2.19. The maximum Gasteiger partial charge on any atom is 0.308 e. The van der Waals surface area contributed by atoms with E-state index in [9.17, 15) is 9.59 Å². The molecule has 0 aromatic carbocycles. The van der Waals surface area contributed by atoms with E-state index in [4.69, 9.17) is 9.47 Å². The molecule has 2 atom stereocenters. The van der Waals surface area contributed by atoms with Crippen molar-refractivity contribution in [2.45, 2.75) is 23.7 Å². The highest BCUT2D eigenvalue weighted by Crippen LogP contribution is 2.23. The minimum atomic E-state index is -0.598. The van der Waals surface area contributed by atoms with E-state index in [-0.39, 0.29) is 24.8 Å². The average molecular weight is 322 g/mol. The molecule has 0 spiro atoms. The first-order valence-electron chi connectivity index (χ1n) is 5.58. The minimum absolute atomic E-state index is 0.214. The van der Waals surface area contributed by atoms with Crippen LogP contribution in [0, 0.1) is 0 Å². The Labute approximate surface area is 128 Å². The van der Waals surface area contributed by atoms with Crippen LogP contribution in [0.1, 0.15) is 12.8 Å². The van der Waals surface area contributed by atoms with Gasteiger partial charge in [0.1, 0.15) is 0 Å². The number of esters is 2. The largest absolute Gasteiger partial charge is 0.447 e. The van der Waals surface area contributed by atoms with Crippen molar-refractivity contribution in [1.82, 2.24) is 0 Å². The van der Waals surface area contributed by atoms with E-state index < -0.39 is 10.9 Å². The Kier molecular flexibility index (Phi) is 11.0. The lowest BCUT2D eigenvalue weighted by molar-refractivity contribution is -0.143. The van der Waals surface area contributed by atoms with Crippen LogP contribution in [0.2, 0.25) is 0 Å². The van der Waals surface area contributed by atoms with Crippen molar-refractivity contribution >= 4 is 49.0 Å². The number of hydrogen-bond donors (Lipinski definition) is 2. The topological polar surface area (TPSA) is 52.6 Å². The number of rotatable bonds is 10. The molecule has 108 valence electrons.